The molecule has 0 radical (unpaired) electrons. The number of benzene rings is 2. The number of hydrogen-bond donors (Lipinski definition) is 2. The molecule has 0 aliphatic heterocycles. The zero-order chi connectivity index (χ0) is 13.0. The van der Waals surface area contributed by atoms with Gasteiger partial charge in [-0.15, -0.1) is 0 Å². The van der Waals surface area contributed by atoms with Crippen molar-refractivity contribution in [1.82, 2.24) is 5.43 Å². The number of nitrogens with zero attached hydrogens (tertiary/aromatic N) is 1. The number of halogens is 1. The van der Waals surface area contributed by atoms with Crippen LogP contribution in [0.5, 0.6) is 0 Å². The monoisotopic (exact) mass is 303 g/mol. The zero-order valence-corrected chi connectivity index (χ0v) is 11.6. The van der Waals surface area contributed by atoms with Crippen molar-refractivity contribution in [3.8, 4) is 0 Å². The number of nitrogens with two attached hydrogens (primary N) is 1. The molecule has 0 atom stereocenters. The summed E-state index contributed by atoms with van der Waals surface area (Å²) in [7, 11) is 0. The fourth-order valence-electron chi connectivity index (χ4n) is 1.65. The lowest BCUT2D eigenvalue weighted by Gasteiger charge is -2.09. The van der Waals surface area contributed by atoms with Gasteiger partial charge in [-0.3, -0.25) is 0 Å². The summed E-state index contributed by atoms with van der Waals surface area (Å²) in [4.78, 5) is 4.51. The van der Waals surface area contributed by atoms with E-state index in [1.807, 2.05) is 55.5 Å². The molecule has 3 nitrogen and oxygen atoms in total. The maximum Gasteiger partial charge on any atom is 0.148 e. The first-order chi connectivity index (χ1) is 8.70. The molecule has 92 valence electrons. The van der Waals surface area contributed by atoms with Crippen LogP contribution in [0, 0.1) is 6.92 Å². The molecule has 0 fully saturated rings. The van der Waals surface area contributed by atoms with Crippen LogP contribution in [-0.2, 0) is 0 Å². The van der Waals surface area contributed by atoms with Gasteiger partial charge >= 0.3 is 0 Å². The Morgan fingerprint density at radius 3 is 2.56 bits per heavy atom. The number of rotatable bonds is 2. The minimum Gasteiger partial charge on any atom is -0.308 e. The summed E-state index contributed by atoms with van der Waals surface area (Å²) in [5.41, 5.74) is 5.63. The second kappa shape index (κ2) is 5.80. The van der Waals surface area contributed by atoms with Crippen LogP contribution >= 0.6 is 15.9 Å². The summed E-state index contributed by atoms with van der Waals surface area (Å²) in [6.45, 7) is 2.03. The van der Waals surface area contributed by atoms with Crippen molar-refractivity contribution in [2.45, 2.75) is 6.92 Å². The molecule has 0 amide bonds. The SMILES string of the molecule is Cc1ccc(Br)cc1C(=Nc1ccccc1)NN. The van der Waals surface area contributed by atoms with Gasteiger partial charge in [0, 0.05) is 10.0 Å². The van der Waals surface area contributed by atoms with E-state index >= 15 is 0 Å². The van der Waals surface area contributed by atoms with Gasteiger partial charge < -0.3 is 5.43 Å². The maximum absolute atomic E-state index is 5.58. The standard InChI is InChI=1S/C14H14BrN3/c1-10-7-8-11(15)9-13(10)14(18-16)17-12-5-3-2-4-6-12/h2-9H,16H2,1H3,(H,17,18). The van der Waals surface area contributed by atoms with Gasteiger partial charge in [0.1, 0.15) is 5.84 Å². The Labute approximate surface area is 115 Å². The van der Waals surface area contributed by atoms with E-state index in [9.17, 15) is 0 Å². The Morgan fingerprint density at radius 1 is 1.17 bits per heavy atom. The van der Waals surface area contributed by atoms with E-state index < -0.39 is 0 Å². The minimum atomic E-state index is 0.653. The third kappa shape index (κ3) is 2.97. The molecule has 0 aromatic heterocycles. The smallest absolute Gasteiger partial charge is 0.148 e. The highest BCUT2D eigenvalue weighted by atomic mass is 79.9. The van der Waals surface area contributed by atoms with Crippen LogP contribution in [0.2, 0.25) is 0 Å². The molecule has 0 heterocycles. The summed E-state index contributed by atoms with van der Waals surface area (Å²) in [6, 6.07) is 15.7. The van der Waals surface area contributed by atoms with Crippen LogP contribution < -0.4 is 11.3 Å². The first-order valence-electron chi connectivity index (χ1n) is 5.57. The van der Waals surface area contributed by atoms with Gasteiger partial charge in [0.05, 0.1) is 5.69 Å². The van der Waals surface area contributed by atoms with E-state index in [-0.39, 0.29) is 0 Å². The topological polar surface area (TPSA) is 50.4 Å². The summed E-state index contributed by atoms with van der Waals surface area (Å²) < 4.78 is 0.999. The second-order valence-electron chi connectivity index (χ2n) is 3.90. The molecule has 0 saturated carbocycles. The van der Waals surface area contributed by atoms with E-state index in [2.05, 4.69) is 26.3 Å². The molecule has 2 aromatic carbocycles. The Balaban J connectivity index is 2.45. The van der Waals surface area contributed by atoms with Crippen molar-refractivity contribution < 1.29 is 0 Å². The Morgan fingerprint density at radius 2 is 1.89 bits per heavy atom. The van der Waals surface area contributed by atoms with Gasteiger partial charge in [-0.2, -0.15) is 0 Å². The van der Waals surface area contributed by atoms with Crippen molar-refractivity contribution in [2.75, 3.05) is 0 Å². The highest BCUT2D eigenvalue weighted by Crippen LogP contribution is 2.18. The first-order valence-corrected chi connectivity index (χ1v) is 6.37. The highest BCUT2D eigenvalue weighted by molar-refractivity contribution is 9.10. The van der Waals surface area contributed by atoms with Crippen LogP contribution in [-0.4, -0.2) is 5.84 Å². The molecule has 0 aliphatic rings. The summed E-state index contributed by atoms with van der Waals surface area (Å²) in [6.07, 6.45) is 0. The molecule has 3 N–H and O–H groups in total. The minimum absolute atomic E-state index is 0.653. The largest absolute Gasteiger partial charge is 0.308 e. The highest BCUT2D eigenvalue weighted by Gasteiger charge is 2.06. The van der Waals surface area contributed by atoms with E-state index in [0.717, 1.165) is 21.3 Å². The summed E-state index contributed by atoms with van der Waals surface area (Å²) >= 11 is 3.46. The van der Waals surface area contributed by atoms with E-state index in [1.165, 1.54) is 0 Å². The molecule has 2 rings (SSSR count). The van der Waals surface area contributed by atoms with Crippen molar-refractivity contribution >= 4 is 27.5 Å². The van der Waals surface area contributed by atoms with Crippen LogP contribution in [0.25, 0.3) is 0 Å². The number of para-hydroxylation sites is 1. The number of aliphatic imine (C=N–C) groups is 1. The summed E-state index contributed by atoms with van der Waals surface area (Å²) in [5.74, 6) is 6.23. The number of hydrogen-bond acceptors (Lipinski definition) is 2. The van der Waals surface area contributed by atoms with Crippen molar-refractivity contribution in [2.24, 2.45) is 10.8 Å². The third-order valence-electron chi connectivity index (χ3n) is 2.59. The summed E-state index contributed by atoms with van der Waals surface area (Å²) in [5, 5.41) is 0. The fourth-order valence-corrected chi connectivity index (χ4v) is 2.01. The molecule has 0 spiro atoms. The Kier molecular flexibility index (Phi) is 4.12. The number of aryl methyl sites for hydroxylation is 1. The van der Waals surface area contributed by atoms with Crippen LogP contribution in [0.3, 0.4) is 0 Å². The van der Waals surface area contributed by atoms with Gasteiger partial charge in [0.15, 0.2) is 0 Å². The molecule has 0 unspecified atom stereocenters. The maximum atomic E-state index is 5.58. The van der Waals surface area contributed by atoms with Crippen LogP contribution in [0.4, 0.5) is 5.69 Å². The lowest BCUT2D eigenvalue weighted by atomic mass is 10.1. The average Bonchev–Trinajstić information content (AvgIpc) is 2.40. The lowest BCUT2D eigenvalue weighted by molar-refractivity contribution is 1.02. The van der Waals surface area contributed by atoms with Gasteiger partial charge in [-0.1, -0.05) is 40.2 Å². The molecule has 0 bridgehead atoms. The normalized spacial score (nSPS) is 11.4. The van der Waals surface area contributed by atoms with Crippen molar-refractivity contribution in [3.63, 3.8) is 0 Å². The van der Waals surface area contributed by atoms with Crippen LogP contribution in [0.1, 0.15) is 11.1 Å². The lowest BCUT2D eigenvalue weighted by Crippen LogP contribution is -2.31. The van der Waals surface area contributed by atoms with E-state index in [0.29, 0.717) is 5.84 Å². The molecule has 0 saturated heterocycles. The molecular weight excluding hydrogens is 290 g/mol. The number of amidine groups is 1. The van der Waals surface area contributed by atoms with Gasteiger partial charge in [0.2, 0.25) is 0 Å². The Hall–Kier alpha value is -1.65. The average molecular weight is 304 g/mol. The molecule has 18 heavy (non-hydrogen) atoms. The first kappa shape index (κ1) is 12.8. The Bertz CT molecular complexity index is 565. The van der Waals surface area contributed by atoms with Gasteiger partial charge in [-0.05, 0) is 36.8 Å². The quantitative estimate of drug-likeness (QED) is 0.387. The van der Waals surface area contributed by atoms with Crippen LogP contribution in [0.15, 0.2) is 58.0 Å². The van der Waals surface area contributed by atoms with Gasteiger partial charge in [0.25, 0.3) is 0 Å². The van der Waals surface area contributed by atoms with Gasteiger partial charge in [-0.25, -0.2) is 10.8 Å². The molecular formula is C14H14BrN3. The predicted molar refractivity (Wildman–Crippen MR) is 78.8 cm³/mol. The third-order valence-corrected chi connectivity index (χ3v) is 3.08. The zero-order valence-electron chi connectivity index (χ0n) is 10.0. The second-order valence-corrected chi connectivity index (χ2v) is 4.82. The van der Waals surface area contributed by atoms with Crippen molar-refractivity contribution in [1.29, 1.82) is 0 Å². The molecule has 4 heteroatoms. The fraction of sp³-hybridized carbons (Fsp3) is 0.0714. The van der Waals surface area contributed by atoms with E-state index in [4.69, 9.17) is 5.84 Å². The predicted octanol–water partition coefficient (Wildman–Crippen LogP) is 3.30. The van der Waals surface area contributed by atoms with Crippen molar-refractivity contribution in [3.05, 3.63) is 64.1 Å². The molecule has 2 aromatic rings. The van der Waals surface area contributed by atoms with E-state index in [1.54, 1.807) is 0 Å². The number of hydrazine groups is 1. The number of nitrogens with one attached hydrogen (secondary N) is 1. The molecule has 0 aliphatic carbocycles.